The van der Waals surface area contributed by atoms with Gasteiger partial charge in [0.25, 0.3) is 5.91 Å². The van der Waals surface area contributed by atoms with Crippen molar-refractivity contribution in [1.29, 1.82) is 0 Å². The summed E-state index contributed by atoms with van der Waals surface area (Å²) in [6, 6.07) is 7.09. The largest absolute Gasteiger partial charge is 0.495 e. The van der Waals surface area contributed by atoms with Gasteiger partial charge < -0.3 is 15.0 Å². The van der Waals surface area contributed by atoms with Gasteiger partial charge in [-0.25, -0.2) is 4.98 Å². The molecule has 1 unspecified atom stereocenters. The van der Waals surface area contributed by atoms with Gasteiger partial charge in [-0.1, -0.05) is 18.5 Å². The molecule has 1 amide bonds. The van der Waals surface area contributed by atoms with Crippen LogP contribution in [0.25, 0.3) is 0 Å². The first kappa shape index (κ1) is 18.5. The molecule has 1 aromatic heterocycles. The Balaban J connectivity index is 1.80. The van der Waals surface area contributed by atoms with Crippen molar-refractivity contribution in [2.24, 2.45) is 5.92 Å². The van der Waals surface area contributed by atoms with E-state index in [4.69, 9.17) is 16.3 Å². The molecule has 1 fully saturated rings. The smallest absolute Gasteiger partial charge is 0.255 e. The second kappa shape index (κ2) is 7.96. The molecule has 2 heterocycles. The van der Waals surface area contributed by atoms with Gasteiger partial charge in [-0.3, -0.25) is 4.79 Å². The minimum Gasteiger partial charge on any atom is -0.495 e. The molecular weight excluding hydrogens is 350 g/mol. The molecule has 2 aromatic rings. The average molecular weight is 374 g/mol. The SMILES string of the molecule is COc1cc(Cl)c(C)cc1NC(=O)c1ccnc(N2CCCC(C)C2)c1. The van der Waals surface area contributed by atoms with Crippen LogP contribution in [0.2, 0.25) is 5.02 Å². The maximum atomic E-state index is 12.7. The highest BCUT2D eigenvalue weighted by Crippen LogP contribution is 2.31. The number of hydrogen-bond donors (Lipinski definition) is 1. The Labute approximate surface area is 159 Å². The van der Waals surface area contributed by atoms with Crippen molar-refractivity contribution >= 4 is 29.0 Å². The Hall–Kier alpha value is -2.27. The molecule has 138 valence electrons. The number of carbonyl (C=O) groups is 1. The first-order valence-corrected chi connectivity index (χ1v) is 9.22. The summed E-state index contributed by atoms with van der Waals surface area (Å²) < 4.78 is 5.33. The minimum atomic E-state index is -0.196. The number of hydrogen-bond acceptors (Lipinski definition) is 4. The summed E-state index contributed by atoms with van der Waals surface area (Å²) in [5, 5.41) is 3.52. The lowest BCUT2D eigenvalue weighted by Gasteiger charge is -2.31. The highest BCUT2D eigenvalue weighted by atomic mass is 35.5. The van der Waals surface area contributed by atoms with Gasteiger partial charge in [0.05, 0.1) is 12.8 Å². The van der Waals surface area contributed by atoms with Crippen LogP contribution in [0.1, 0.15) is 35.7 Å². The van der Waals surface area contributed by atoms with Crippen LogP contribution in [0.15, 0.2) is 30.5 Å². The van der Waals surface area contributed by atoms with Crippen LogP contribution >= 0.6 is 11.6 Å². The van der Waals surface area contributed by atoms with E-state index in [1.165, 1.54) is 6.42 Å². The number of aromatic nitrogens is 1. The molecule has 0 saturated carbocycles. The van der Waals surface area contributed by atoms with Crippen LogP contribution in [0.5, 0.6) is 5.75 Å². The predicted molar refractivity (Wildman–Crippen MR) is 106 cm³/mol. The number of halogens is 1. The standard InChI is InChI=1S/C20H24ClN3O2/c1-13-5-4-8-24(12-13)19-10-15(6-7-22-19)20(25)23-17-9-14(2)16(21)11-18(17)26-3/h6-7,9-11,13H,4-5,8,12H2,1-3H3,(H,23,25). The summed E-state index contributed by atoms with van der Waals surface area (Å²) >= 11 is 6.13. The van der Waals surface area contributed by atoms with E-state index in [2.05, 4.69) is 22.1 Å². The quantitative estimate of drug-likeness (QED) is 0.854. The molecule has 1 saturated heterocycles. The summed E-state index contributed by atoms with van der Waals surface area (Å²) in [5.41, 5.74) is 2.05. The number of nitrogens with one attached hydrogen (secondary N) is 1. The number of pyridine rings is 1. The molecule has 1 atom stereocenters. The van der Waals surface area contributed by atoms with E-state index < -0.39 is 0 Å². The summed E-state index contributed by atoms with van der Waals surface area (Å²) in [6.07, 6.45) is 4.08. The van der Waals surface area contributed by atoms with E-state index in [1.54, 1.807) is 25.4 Å². The number of carbonyl (C=O) groups excluding carboxylic acids is 1. The highest BCUT2D eigenvalue weighted by molar-refractivity contribution is 6.31. The summed E-state index contributed by atoms with van der Waals surface area (Å²) in [6.45, 7) is 6.09. The maximum Gasteiger partial charge on any atom is 0.255 e. The van der Waals surface area contributed by atoms with Crippen LogP contribution in [0.4, 0.5) is 11.5 Å². The van der Waals surface area contributed by atoms with Gasteiger partial charge in [0.2, 0.25) is 0 Å². The Kier molecular flexibility index (Phi) is 5.67. The Morgan fingerprint density at radius 3 is 2.92 bits per heavy atom. The first-order chi connectivity index (χ1) is 12.5. The topological polar surface area (TPSA) is 54.5 Å². The number of anilines is 2. The molecule has 0 bridgehead atoms. The molecule has 6 heteroatoms. The van der Waals surface area contributed by atoms with Crippen LogP contribution in [-0.2, 0) is 0 Å². The molecule has 26 heavy (non-hydrogen) atoms. The molecule has 1 N–H and O–H groups in total. The third kappa shape index (κ3) is 4.10. The number of amides is 1. The number of nitrogens with zero attached hydrogens (tertiary/aromatic N) is 2. The molecule has 1 aromatic carbocycles. The predicted octanol–water partition coefficient (Wildman–Crippen LogP) is 4.54. The Morgan fingerprint density at radius 2 is 2.19 bits per heavy atom. The molecule has 1 aliphatic heterocycles. The van der Waals surface area contributed by atoms with Crippen molar-refractivity contribution in [2.75, 3.05) is 30.4 Å². The molecule has 0 spiro atoms. The summed E-state index contributed by atoms with van der Waals surface area (Å²) in [5.74, 6) is 1.83. The summed E-state index contributed by atoms with van der Waals surface area (Å²) in [7, 11) is 1.55. The molecule has 1 aliphatic rings. The zero-order valence-electron chi connectivity index (χ0n) is 15.4. The normalized spacial score (nSPS) is 17.1. The van der Waals surface area contributed by atoms with Crippen molar-refractivity contribution in [3.63, 3.8) is 0 Å². The second-order valence-corrected chi connectivity index (χ2v) is 7.26. The van der Waals surface area contributed by atoms with Gasteiger partial charge >= 0.3 is 0 Å². The minimum absolute atomic E-state index is 0.196. The van der Waals surface area contributed by atoms with Crippen LogP contribution < -0.4 is 15.0 Å². The molecular formula is C20H24ClN3O2. The van der Waals surface area contributed by atoms with Gasteiger partial charge in [-0.15, -0.1) is 0 Å². The van der Waals surface area contributed by atoms with E-state index >= 15 is 0 Å². The molecule has 3 rings (SSSR count). The Bertz CT molecular complexity index is 810. The van der Waals surface area contributed by atoms with Crippen LogP contribution in [0, 0.1) is 12.8 Å². The number of piperidine rings is 1. The third-order valence-corrected chi connectivity index (χ3v) is 5.12. The lowest BCUT2D eigenvalue weighted by atomic mass is 10.0. The number of benzene rings is 1. The van der Waals surface area contributed by atoms with Crippen molar-refractivity contribution in [2.45, 2.75) is 26.7 Å². The van der Waals surface area contributed by atoms with Gasteiger partial charge in [0.1, 0.15) is 11.6 Å². The fourth-order valence-corrected chi connectivity index (χ4v) is 3.41. The molecule has 5 nitrogen and oxygen atoms in total. The molecule has 0 aliphatic carbocycles. The average Bonchev–Trinajstić information content (AvgIpc) is 2.64. The fraction of sp³-hybridized carbons (Fsp3) is 0.400. The van der Waals surface area contributed by atoms with E-state index in [9.17, 15) is 4.79 Å². The van der Waals surface area contributed by atoms with Crippen LogP contribution in [0.3, 0.4) is 0 Å². The number of aryl methyl sites for hydroxylation is 1. The monoisotopic (exact) mass is 373 g/mol. The number of rotatable bonds is 4. The summed E-state index contributed by atoms with van der Waals surface area (Å²) in [4.78, 5) is 19.4. The zero-order chi connectivity index (χ0) is 18.7. The van der Waals surface area contributed by atoms with Crippen molar-refractivity contribution < 1.29 is 9.53 Å². The van der Waals surface area contributed by atoms with Crippen molar-refractivity contribution in [3.05, 3.63) is 46.6 Å². The highest BCUT2D eigenvalue weighted by Gasteiger charge is 2.19. The number of methoxy groups -OCH3 is 1. The lowest BCUT2D eigenvalue weighted by Crippen LogP contribution is -2.34. The first-order valence-electron chi connectivity index (χ1n) is 8.84. The van der Waals surface area contributed by atoms with Gasteiger partial charge in [0, 0.05) is 35.9 Å². The maximum absolute atomic E-state index is 12.7. The van der Waals surface area contributed by atoms with Gasteiger partial charge in [0.15, 0.2) is 0 Å². The van der Waals surface area contributed by atoms with E-state index in [1.807, 2.05) is 19.1 Å². The number of ether oxygens (including phenoxy) is 1. The third-order valence-electron chi connectivity index (χ3n) is 4.72. The van der Waals surface area contributed by atoms with Gasteiger partial charge in [-0.05, 0) is 49.4 Å². The lowest BCUT2D eigenvalue weighted by molar-refractivity contribution is 0.102. The van der Waals surface area contributed by atoms with Crippen molar-refractivity contribution in [3.8, 4) is 5.75 Å². The fourth-order valence-electron chi connectivity index (χ4n) is 3.25. The van der Waals surface area contributed by atoms with Gasteiger partial charge in [-0.2, -0.15) is 0 Å². The second-order valence-electron chi connectivity index (χ2n) is 6.85. The van der Waals surface area contributed by atoms with E-state index in [-0.39, 0.29) is 5.91 Å². The van der Waals surface area contributed by atoms with Crippen LogP contribution in [-0.4, -0.2) is 31.1 Å². The Morgan fingerprint density at radius 1 is 1.38 bits per heavy atom. The van der Waals surface area contributed by atoms with E-state index in [0.717, 1.165) is 30.9 Å². The van der Waals surface area contributed by atoms with Crippen molar-refractivity contribution in [1.82, 2.24) is 4.98 Å². The van der Waals surface area contributed by atoms with E-state index in [0.29, 0.717) is 27.9 Å². The zero-order valence-corrected chi connectivity index (χ0v) is 16.1. The molecule has 0 radical (unpaired) electrons.